The fourth-order valence-corrected chi connectivity index (χ4v) is 9.63. The number of hydrogen-bond donors (Lipinski definition) is 0. The highest BCUT2D eigenvalue weighted by atomic mass is 31.2. The van der Waals surface area contributed by atoms with E-state index in [2.05, 4.69) is 80.6 Å². The minimum atomic E-state index is -3.13. The molecule has 0 saturated carbocycles. The van der Waals surface area contributed by atoms with E-state index in [0.29, 0.717) is 0 Å². The molecule has 8 rings (SSSR count). The highest BCUT2D eigenvalue weighted by Crippen LogP contribution is 2.51. The third-order valence-electron chi connectivity index (χ3n) is 9.13. The van der Waals surface area contributed by atoms with E-state index in [1.807, 2.05) is 78.9 Å². The van der Waals surface area contributed by atoms with E-state index < -0.39 is 7.14 Å². The molecule has 1 aliphatic carbocycles. The van der Waals surface area contributed by atoms with Crippen LogP contribution in [0.25, 0.3) is 44.1 Å². The number of aromatic nitrogens is 1. The van der Waals surface area contributed by atoms with Crippen molar-refractivity contribution in [1.82, 2.24) is 4.98 Å². The second kappa shape index (κ2) is 9.63. The largest absolute Gasteiger partial charge is 0.309 e. The zero-order chi connectivity index (χ0) is 29.2. The quantitative estimate of drug-likeness (QED) is 0.156. The van der Waals surface area contributed by atoms with E-state index in [1.165, 1.54) is 27.6 Å². The van der Waals surface area contributed by atoms with Crippen LogP contribution in [-0.4, -0.2) is 4.98 Å². The zero-order valence-corrected chi connectivity index (χ0v) is 25.1. The number of pyridine rings is 1. The predicted octanol–water partition coefficient (Wildman–Crippen LogP) is 9.00. The molecule has 0 fully saturated rings. The van der Waals surface area contributed by atoms with Gasteiger partial charge in [0.05, 0.1) is 11.2 Å². The topological polar surface area (TPSA) is 30.0 Å². The Kier molecular flexibility index (Phi) is 5.80. The first-order valence-electron chi connectivity index (χ1n) is 14.8. The van der Waals surface area contributed by atoms with Crippen molar-refractivity contribution in [3.63, 3.8) is 0 Å². The van der Waals surface area contributed by atoms with Gasteiger partial charge >= 0.3 is 0 Å². The monoisotopic (exact) mass is 571 g/mol. The second-order valence-electron chi connectivity index (χ2n) is 11.9. The molecule has 0 spiro atoms. The van der Waals surface area contributed by atoms with Crippen LogP contribution in [0.2, 0.25) is 0 Å². The Labute approximate surface area is 252 Å². The molecule has 0 bridgehead atoms. The maximum Gasteiger partial charge on any atom is 0.171 e. The first kappa shape index (κ1) is 25.9. The molecule has 0 saturated heterocycles. The van der Waals surface area contributed by atoms with E-state index in [9.17, 15) is 0 Å². The van der Waals surface area contributed by atoms with Gasteiger partial charge in [0.25, 0.3) is 0 Å². The van der Waals surface area contributed by atoms with Gasteiger partial charge in [-0.3, -0.25) is 0 Å². The molecule has 0 radical (unpaired) electrons. The van der Waals surface area contributed by atoms with Crippen LogP contribution >= 0.6 is 7.14 Å². The molecular formula is C40H30NOP. The van der Waals surface area contributed by atoms with Crippen LogP contribution in [0, 0.1) is 0 Å². The van der Waals surface area contributed by atoms with Crippen LogP contribution < -0.4 is 15.9 Å². The summed E-state index contributed by atoms with van der Waals surface area (Å²) in [4.78, 5) is 5.27. The van der Waals surface area contributed by atoms with E-state index in [4.69, 9.17) is 4.98 Å². The standard InChI is InChI=1S/C40H30NOP/c1-40(2)36-22-11-9-20-31(36)34-25-33-32-21-10-12-23-38(32)41-39(35(33)26-37(34)40)27-14-13-19-30(24-27)43(42,28-15-5-3-6-16-28)29-17-7-4-8-18-29/h3-26H,1-2H3. The summed E-state index contributed by atoms with van der Waals surface area (Å²) in [6.07, 6.45) is 0. The molecular weight excluding hydrogens is 541 g/mol. The van der Waals surface area contributed by atoms with Crippen molar-refractivity contribution in [3.8, 4) is 22.4 Å². The second-order valence-corrected chi connectivity index (χ2v) is 14.7. The van der Waals surface area contributed by atoms with Crippen LogP contribution in [0.15, 0.2) is 146 Å². The van der Waals surface area contributed by atoms with Gasteiger partial charge in [0, 0.05) is 37.7 Å². The number of hydrogen-bond acceptors (Lipinski definition) is 2. The molecule has 2 nitrogen and oxygen atoms in total. The van der Waals surface area contributed by atoms with Gasteiger partial charge in [0.15, 0.2) is 7.14 Å². The van der Waals surface area contributed by atoms with Gasteiger partial charge in [0.2, 0.25) is 0 Å². The Morgan fingerprint density at radius 2 is 1.14 bits per heavy atom. The van der Waals surface area contributed by atoms with Gasteiger partial charge in [-0.05, 0) is 51.9 Å². The molecule has 0 atom stereocenters. The van der Waals surface area contributed by atoms with Gasteiger partial charge in [-0.25, -0.2) is 4.98 Å². The van der Waals surface area contributed by atoms with Crippen molar-refractivity contribution in [2.45, 2.75) is 19.3 Å². The average Bonchev–Trinajstić information content (AvgIpc) is 3.29. The summed E-state index contributed by atoms with van der Waals surface area (Å²) in [6, 6.07) is 49.9. The van der Waals surface area contributed by atoms with Crippen molar-refractivity contribution in [1.29, 1.82) is 0 Å². The van der Waals surface area contributed by atoms with Crippen molar-refractivity contribution in [3.05, 3.63) is 157 Å². The van der Waals surface area contributed by atoms with Gasteiger partial charge in [0.1, 0.15) is 0 Å². The molecule has 0 N–H and O–H groups in total. The zero-order valence-electron chi connectivity index (χ0n) is 24.2. The number of rotatable bonds is 4. The number of benzene rings is 6. The van der Waals surface area contributed by atoms with Gasteiger partial charge in [-0.1, -0.05) is 135 Å². The number of nitrogens with zero attached hydrogens (tertiary/aromatic N) is 1. The maximum atomic E-state index is 15.2. The highest BCUT2D eigenvalue weighted by Gasteiger charge is 2.36. The maximum absolute atomic E-state index is 15.2. The Morgan fingerprint density at radius 1 is 0.512 bits per heavy atom. The van der Waals surface area contributed by atoms with Crippen molar-refractivity contribution < 1.29 is 4.57 Å². The van der Waals surface area contributed by atoms with Crippen LogP contribution in [0.5, 0.6) is 0 Å². The summed E-state index contributed by atoms with van der Waals surface area (Å²) in [7, 11) is -3.13. The third kappa shape index (κ3) is 3.87. The fourth-order valence-electron chi connectivity index (χ4n) is 6.94. The van der Waals surface area contributed by atoms with Crippen LogP contribution in [0.3, 0.4) is 0 Å². The Bertz CT molecular complexity index is 2190. The summed E-state index contributed by atoms with van der Waals surface area (Å²) >= 11 is 0. The number of fused-ring (bicyclic) bond motifs is 6. The van der Waals surface area contributed by atoms with Gasteiger partial charge in [-0.15, -0.1) is 0 Å². The molecule has 1 aromatic heterocycles. The molecule has 0 amide bonds. The van der Waals surface area contributed by atoms with E-state index in [1.54, 1.807) is 0 Å². The average molecular weight is 572 g/mol. The fraction of sp³-hybridized carbons (Fsp3) is 0.0750. The third-order valence-corrected chi connectivity index (χ3v) is 12.2. The molecule has 1 aliphatic rings. The molecule has 206 valence electrons. The Balaban J connectivity index is 1.41. The highest BCUT2D eigenvalue weighted by molar-refractivity contribution is 7.85. The summed E-state index contributed by atoms with van der Waals surface area (Å²) in [5, 5.41) is 5.90. The minimum Gasteiger partial charge on any atom is -0.309 e. The van der Waals surface area contributed by atoms with Crippen molar-refractivity contribution in [2.75, 3.05) is 0 Å². The lowest BCUT2D eigenvalue weighted by atomic mass is 9.81. The Morgan fingerprint density at radius 3 is 1.88 bits per heavy atom. The predicted molar refractivity (Wildman–Crippen MR) is 182 cm³/mol. The molecule has 1 heterocycles. The molecule has 0 unspecified atom stereocenters. The van der Waals surface area contributed by atoms with Crippen LogP contribution in [0.4, 0.5) is 0 Å². The lowest BCUT2D eigenvalue weighted by Crippen LogP contribution is -2.25. The first-order chi connectivity index (χ1) is 21.0. The van der Waals surface area contributed by atoms with Crippen molar-refractivity contribution in [2.24, 2.45) is 0 Å². The lowest BCUT2D eigenvalue weighted by molar-refractivity contribution is 0.592. The van der Waals surface area contributed by atoms with E-state index in [0.717, 1.165) is 43.5 Å². The van der Waals surface area contributed by atoms with Gasteiger partial charge in [-0.2, -0.15) is 0 Å². The first-order valence-corrected chi connectivity index (χ1v) is 16.5. The van der Waals surface area contributed by atoms with E-state index in [-0.39, 0.29) is 5.41 Å². The van der Waals surface area contributed by atoms with Gasteiger partial charge < -0.3 is 4.57 Å². The van der Waals surface area contributed by atoms with Crippen molar-refractivity contribution >= 4 is 44.7 Å². The van der Waals surface area contributed by atoms with E-state index >= 15 is 4.57 Å². The molecule has 43 heavy (non-hydrogen) atoms. The summed E-state index contributed by atoms with van der Waals surface area (Å²) in [5.41, 5.74) is 7.98. The summed E-state index contributed by atoms with van der Waals surface area (Å²) < 4.78 is 15.2. The SMILES string of the molecule is CC1(C)c2ccccc2-c2cc3c(cc21)c(-c1cccc(P(=O)(c2ccccc2)c2ccccc2)c1)nc1ccccc13. The van der Waals surface area contributed by atoms with Crippen LogP contribution in [0.1, 0.15) is 25.0 Å². The molecule has 3 heteroatoms. The number of para-hydroxylation sites is 1. The molecule has 6 aromatic carbocycles. The van der Waals surface area contributed by atoms with Crippen LogP contribution in [-0.2, 0) is 9.98 Å². The minimum absolute atomic E-state index is 0.124. The summed E-state index contributed by atoms with van der Waals surface area (Å²) in [5.74, 6) is 0. The smallest absolute Gasteiger partial charge is 0.171 e. The molecule has 0 aliphatic heterocycles. The lowest BCUT2D eigenvalue weighted by Gasteiger charge is -2.23. The Hall–Kier alpha value is -4.78. The summed E-state index contributed by atoms with van der Waals surface area (Å²) in [6.45, 7) is 4.63. The molecule has 7 aromatic rings. The normalized spacial score (nSPS) is 13.6.